The summed E-state index contributed by atoms with van der Waals surface area (Å²) in [5.74, 6) is 0.0209. The molecule has 4 N–H and O–H groups in total. The predicted octanol–water partition coefficient (Wildman–Crippen LogP) is 11.4. The maximum atomic E-state index is 12.4. The molecule has 6 nitrogen and oxygen atoms in total. The van der Waals surface area contributed by atoms with E-state index in [1.807, 2.05) is 24.3 Å². The van der Waals surface area contributed by atoms with Crippen molar-refractivity contribution in [2.75, 3.05) is 0 Å². The van der Waals surface area contributed by atoms with Gasteiger partial charge in [0.2, 0.25) is 11.8 Å². The lowest BCUT2D eigenvalue weighted by Crippen LogP contribution is -2.24. The van der Waals surface area contributed by atoms with Gasteiger partial charge in [-0.05, 0) is 49.7 Å². The highest BCUT2D eigenvalue weighted by atomic mass is 16.3. The first kappa shape index (κ1) is 46.1. The minimum atomic E-state index is -0.308. The molecule has 0 spiro atoms. The van der Waals surface area contributed by atoms with Crippen LogP contribution < -0.4 is 10.6 Å². The van der Waals surface area contributed by atoms with Crippen LogP contribution in [0.5, 0.6) is 0 Å². The van der Waals surface area contributed by atoms with Gasteiger partial charge < -0.3 is 20.8 Å². The minimum Gasteiger partial charge on any atom is -0.393 e. The fourth-order valence-electron chi connectivity index (χ4n) is 6.80. The van der Waals surface area contributed by atoms with E-state index in [-0.39, 0.29) is 24.0 Å². The van der Waals surface area contributed by atoms with Crippen LogP contribution in [0.1, 0.15) is 218 Å². The summed E-state index contributed by atoms with van der Waals surface area (Å²) in [5, 5.41) is 26.6. The van der Waals surface area contributed by atoms with Crippen molar-refractivity contribution in [3.63, 3.8) is 0 Å². The minimum absolute atomic E-state index is 0.0104. The van der Waals surface area contributed by atoms with Gasteiger partial charge in [0.05, 0.1) is 12.2 Å². The van der Waals surface area contributed by atoms with Crippen molar-refractivity contribution in [3.05, 3.63) is 35.4 Å². The summed E-state index contributed by atoms with van der Waals surface area (Å²) in [6, 6.07) is 7.95. The summed E-state index contributed by atoms with van der Waals surface area (Å²) >= 11 is 0. The lowest BCUT2D eigenvalue weighted by atomic mass is 10.0. The summed E-state index contributed by atoms with van der Waals surface area (Å²) in [6.07, 6.45) is 33.5. The maximum absolute atomic E-state index is 12.4. The molecule has 0 bridgehead atoms. The van der Waals surface area contributed by atoms with E-state index in [2.05, 4.69) is 24.5 Å². The van der Waals surface area contributed by atoms with Crippen molar-refractivity contribution in [1.82, 2.24) is 10.6 Å². The van der Waals surface area contributed by atoms with Crippen molar-refractivity contribution in [2.24, 2.45) is 0 Å². The second-order valence-corrected chi connectivity index (χ2v) is 15.1. The van der Waals surface area contributed by atoms with Gasteiger partial charge >= 0.3 is 0 Å². The quantitative estimate of drug-likeness (QED) is 0.0524. The molecule has 0 aromatic heterocycles. The highest BCUT2D eigenvalue weighted by Gasteiger charge is 2.09. The molecule has 1 aromatic rings. The van der Waals surface area contributed by atoms with Crippen molar-refractivity contribution < 1.29 is 19.8 Å². The van der Waals surface area contributed by atoms with Crippen LogP contribution in [0.3, 0.4) is 0 Å². The van der Waals surface area contributed by atoms with Crippen LogP contribution in [0, 0.1) is 0 Å². The summed E-state index contributed by atoms with van der Waals surface area (Å²) < 4.78 is 0. The number of hydrogen-bond donors (Lipinski definition) is 4. The Morgan fingerprint density at radius 3 is 1.12 bits per heavy atom. The van der Waals surface area contributed by atoms with Crippen molar-refractivity contribution >= 4 is 11.8 Å². The molecule has 0 aliphatic rings. The molecular formula is C44H80N2O4. The standard InChI is InChI=1S/C44H80N2O4/c1-3-5-7-9-11-13-15-17-19-21-23-30-41(47)32-26-34-43(49)45-37-39-28-25-29-40(36-39)38-46-44(50)35-27-33-42(48)31-24-22-20-18-16-14-12-10-8-6-4-2/h25,28-29,36,41-42,47-48H,3-24,26-27,30-35,37-38H2,1-2H3,(H,45,49)(H,46,50). The average molecular weight is 701 g/mol. The van der Waals surface area contributed by atoms with Crippen molar-refractivity contribution in [1.29, 1.82) is 0 Å². The number of aliphatic hydroxyl groups is 2. The van der Waals surface area contributed by atoms with Crippen molar-refractivity contribution in [2.45, 2.75) is 232 Å². The van der Waals surface area contributed by atoms with Crippen LogP contribution in [0.2, 0.25) is 0 Å². The van der Waals surface area contributed by atoms with Gasteiger partial charge in [0.1, 0.15) is 0 Å². The fourth-order valence-corrected chi connectivity index (χ4v) is 6.80. The molecule has 2 unspecified atom stereocenters. The Kier molecular flexibility index (Phi) is 31.5. The second kappa shape index (κ2) is 34.2. The summed E-state index contributed by atoms with van der Waals surface area (Å²) in [7, 11) is 0. The molecule has 290 valence electrons. The first-order valence-electron chi connectivity index (χ1n) is 21.4. The first-order chi connectivity index (χ1) is 24.4. The number of unbranched alkanes of at least 4 members (excludes halogenated alkanes) is 20. The third-order valence-electron chi connectivity index (χ3n) is 10.1. The monoisotopic (exact) mass is 701 g/mol. The van der Waals surface area contributed by atoms with Crippen LogP contribution in [0.25, 0.3) is 0 Å². The molecule has 0 radical (unpaired) electrons. The van der Waals surface area contributed by atoms with Gasteiger partial charge in [-0.3, -0.25) is 9.59 Å². The van der Waals surface area contributed by atoms with E-state index < -0.39 is 0 Å². The summed E-state index contributed by atoms with van der Waals surface area (Å²) in [4.78, 5) is 24.8. The van der Waals surface area contributed by atoms with Gasteiger partial charge in [0.25, 0.3) is 0 Å². The summed E-state index contributed by atoms with van der Waals surface area (Å²) in [5.41, 5.74) is 2.01. The van der Waals surface area contributed by atoms with Gasteiger partial charge in [0, 0.05) is 25.9 Å². The number of hydrogen-bond acceptors (Lipinski definition) is 4. The van der Waals surface area contributed by atoms with Crippen molar-refractivity contribution in [3.8, 4) is 0 Å². The van der Waals surface area contributed by atoms with E-state index in [4.69, 9.17) is 0 Å². The molecule has 0 saturated heterocycles. The average Bonchev–Trinajstić information content (AvgIpc) is 3.11. The number of amides is 2. The Hall–Kier alpha value is -1.92. The number of benzene rings is 1. The molecule has 0 saturated carbocycles. The van der Waals surface area contributed by atoms with Gasteiger partial charge in [0.15, 0.2) is 0 Å². The van der Waals surface area contributed by atoms with Crippen LogP contribution in [0.4, 0.5) is 0 Å². The van der Waals surface area contributed by atoms with Crippen LogP contribution in [-0.2, 0) is 22.7 Å². The second-order valence-electron chi connectivity index (χ2n) is 15.1. The van der Waals surface area contributed by atoms with Crippen LogP contribution in [0.15, 0.2) is 24.3 Å². The zero-order valence-electron chi connectivity index (χ0n) is 32.8. The van der Waals surface area contributed by atoms with Crippen LogP contribution >= 0.6 is 0 Å². The number of aliphatic hydroxyl groups excluding tert-OH is 2. The summed E-state index contributed by atoms with van der Waals surface area (Å²) in [6.45, 7) is 5.44. The predicted molar refractivity (Wildman–Crippen MR) is 212 cm³/mol. The van der Waals surface area contributed by atoms with E-state index in [0.717, 1.165) is 36.8 Å². The molecule has 0 aliphatic heterocycles. The SMILES string of the molecule is CCCCCCCCCCCCCC(O)CCCC(=O)NCc1cccc(CNC(=O)CCCC(O)CCCCCCCCCCCCC)c1. The molecule has 1 rings (SSSR count). The smallest absolute Gasteiger partial charge is 0.220 e. The Bertz CT molecular complexity index is 854. The lowest BCUT2D eigenvalue weighted by Gasteiger charge is -2.12. The molecule has 2 atom stereocenters. The lowest BCUT2D eigenvalue weighted by molar-refractivity contribution is -0.122. The number of carbonyl (C=O) groups is 2. The number of carbonyl (C=O) groups excluding carboxylic acids is 2. The van der Waals surface area contributed by atoms with Gasteiger partial charge in [-0.15, -0.1) is 0 Å². The van der Waals surface area contributed by atoms with Gasteiger partial charge in [-0.2, -0.15) is 0 Å². The van der Waals surface area contributed by atoms with E-state index in [1.54, 1.807) is 0 Å². The Balaban J connectivity index is 2.03. The normalized spacial score (nSPS) is 12.6. The maximum Gasteiger partial charge on any atom is 0.220 e. The van der Waals surface area contributed by atoms with E-state index >= 15 is 0 Å². The third kappa shape index (κ3) is 29.8. The van der Waals surface area contributed by atoms with E-state index in [1.165, 1.54) is 128 Å². The molecule has 1 aromatic carbocycles. The molecule has 50 heavy (non-hydrogen) atoms. The molecule has 6 heteroatoms. The number of rotatable bonds is 36. The Morgan fingerprint density at radius 2 is 0.780 bits per heavy atom. The zero-order valence-corrected chi connectivity index (χ0v) is 32.8. The third-order valence-corrected chi connectivity index (χ3v) is 10.1. The molecule has 0 aliphatic carbocycles. The van der Waals surface area contributed by atoms with Crippen LogP contribution in [-0.4, -0.2) is 34.2 Å². The van der Waals surface area contributed by atoms with E-state index in [0.29, 0.717) is 51.6 Å². The molecule has 0 heterocycles. The number of nitrogens with one attached hydrogen (secondary N) is 2. The Morgan fingerprint density at radius 1 is 0.480 bits per heavy atom. The topological polar surface area (TPSA) is 98.7 Å². The highest BCUT2D eigenvalue weighted by molar-refractivity contribution is 5.76. The largest absolute Gasteiger partial charge is 0.393 e. The van der Waals surface area contributed by atoms with Gasteiger partial charge in [-0.25, -0.2) is 0 Å². The van der Waals surface area contributed by atoms with E-state index in [9.17, 15) is 19.8 Å². The first-order valence-corrected chi connectivity index (χ1v) is 21.4. The zero-order chi connectivity index (χ0) is 36.3. The molecule has 0 fully saturated rings. The fraction of sp³-hybridized carbons (Fsp3) is 0.818. The van der Waals surface area contributed by atoms with Gasteiger partial charge in [-0.1, -0.05) is 179 Å². The molecular weight excluding hydrogens is 620 g/mol. The highest BCUT2D eigenvalue weighted by Crippen LogP contribution is 2.16. The Labute approximate surface area is 308 Å². The molecule has 2 amide bonds.